The first-order chi connectivity index (χ1) is 12.0. The minimum atomic E-state index is -0.789. The Balaban J connectivity index is 1.64. The van der Waals surface area contributed by atoms with Gasteiger partial charge in [-0.2, -0.15) is 0 Å². The minimum absolute atomic E-state index is 0.181. The van der Waals surface area contributed by atoms with Gasteiger partial charge < -0.3 is 9.82 Å². The molecule has 0 saturated carbocycles. The number of carbonyl (C=O) groups excluding carboxylic acids is 3. The number of nitrogens with one attached hydrogen (secondary N) is 1. The van der Waals surface area contributed by atoms with E-state index in [0.29, 0.717) is 5.06 Å². The molecular weight excluding hydrogens is 320 g/mol. The molecule has 0 saturated heterocycles. The lowest BCUT2D eigenvalue weighted by Crippen LogP contribution is -2.32. The van der Waals surface area contributed by atoms with Gasteiger partial charge in [0.1, 0.15) is 5.69 Å². The van der Waals surface area contributed by atoms with Crippen LogP contribution >= 0.6 is 0 Å². The molecule has 1 aromatic heterocycles. The Labute approximate surface area is 143 Å². The van der Waals surface area contributed by atoms with Crippen molar-refractivity contribution in [1.29, 1.82) is 0 Å². The molecule has 124 valence electrons. The molecule has 0 atom stereocenters. The summed E-state index contributed by atoms with van der Waals surface area (Å²) in [5, 5.41) is 1.38. The van der Waals surface area contributed by atoms with Crippen LogP contribution in [0.2, 0.25) is 0 Å². The number of aromatic amines is 1. The number of hydroxylamine groups is 2. The number of aryl methyl sites for hydroxylation is 2. The maximum Gasteiger partial charge on any atom is 0.380 e. The highest BCUT2D eigenvalue weighted by Crippen LogP contribution is 2.25. The zero-order valence-electron chi connectivity index (χ0n) is 13.6. The second-order valence-corrected chi connectivity index (χ2v) is 6.06. The molecule has 4 rings (SSSR count). The third-order valence-electron chi connectivity index (χ3n) is 4.22. The standard InChI is InChI=1S/C19H14N2O4/c1-10-7-11(2)16-12(8-10)9-15(20-16)19(24)25-21-17(22)13-5-3-4-6-14(13)18(21)23/h3-9,20H,1-2H3. The summed E-state index contributed by atoms with van der Waals surface area (Å²) in [6.45, 7) is 3.90. The Morgan fingerprint density at radius 1 is 1.00 bits per heavy atom. The van der Waals surface area contributed by atoms with Crippen molar-refractivity contribution in [3.05, 3.63) is 70.4 Å². The summed E-state index contributed by atoms with van der Waals surface area (Å²) in [6, 6.07) is 11.9. The van der Waals surface area contributed by atoms with E-state index in [1.165, 1.54) is 12.1 Å². The van der Waals surface area contributed by atoms with Crippen molar-refractivity contribution in [2.45, 2.75) is 13.8 Å². The van der Waals surface area contributed by atoms with Crippen LogP contribution in [-0.4, -0.2) is 27.8 Å². The van der Waals surface area contributed by atoms with Crippen molar-refractivity contribution < 1.29 is 19.2 Å². The molecule has 1 N–H and O–H groups in total. The number of hydrogen-bond acceptors (Lipinski definition) is 4. The highest BCUT2D eigenvalue weighted by molar-refractivity contribution is 6.21. The average molecular weight is 334 g/mol. The van der Waals surface area contributed by atoms with Gasteiger partial charge in [0.2, 0.25) is 0 Å². The average Bonchev–Trinajstić information content (AvgIpc) is 3.11. The normalized spacial score (nSPS) is 13.4. The number of rotatable bonds is 2. The third-order valence-corrected chi connectivity index (χ3v) is 4.22. The first kappa shape index (κ1) is 15.1. The molecule has 1 aliphatic heterocycles. The van der Waals surface area contributed by atoms with Crippen molar-refractivity contribution in [1.82, 2.24) is 10.0 Å². The predicted molar refractivity (Wildman–Crippen MR) is 90.1 cm³/mol. The van der Waals surface area contributed by atoms with E-state index in [1.54, 1.807) is 18.2 Å². The second kappa shape index (κ2) is 5.31. The Morgan fingerprint density at radius 3 is 2.28 bits per heavy atom. The molecule has 0 aliphatic carbocycles. The minimum Gasteiger partial charge on any atom is -0.349 e. The first-order valence-electron chi connectivity index (χ1n) is 7.76. The summed E-state index contributed by atoms with van der Waals surface area (Å²) in [7, 11) is 0. The lowest BCUT2D eigenvalue weighted by Gasteiger charge is -2.11. The summed E-state index contributed by atoms with van der Waals surface area (Å²) in [6.07, 6.45) is 0. The number of benzene rings is 2. The van der Waals surface area contributed by atoms with E-state index >= 15 is 0 Å². The predicted octanol–water partition coefficient (Wildman–Crippen LogP) is 3.15. The van der Waals surface area contributed by atoms with Crippen LogP contribution in [0.1, 0.15) is 42.3 Å². The molecule has 6 nitrogen and oxygen atoms in total. The molecular formula is C19H14N2O4. The van der Waals surface area contributed by atoms with Crippen LogP contribution in [0.15, 0.2) is 42.5 Å². The number of aromatic nitrogens is 1. The van der Waals surface area contributed by atoms with E-state index in [-0.39, 0.29) is 16.8 Å². The number of H-pyrrole nitrogens is 1. The van der Waals surface area contributed by atoms with Crippen molar-refractivity contribution >= 4 is 28.7 Å². The van der Waals surface area contributed by atoms with Crippen LogP contribution in [0.25, 0.3) is 10.9 Å². The summed E-state index contributed by atoms with van der Waals surface area (Å²) in [5.74, 6) is -2.07. The highest BCUT2D eigenvalue weighted by Gasteiger charge is 2.39. The van der Waals surface area contributed by atoms with Crippen LogP contribution in [0.3, 0.4) is 0 Å². The monoisotopic (exact) mass is 334 g/mol. The van der Waals surface area contributed by atoms with Gasteiger partial charge in [-0.05, 0) is 43.7 Å². The number of amides is 2. The van der Waals surface area contributed by atoms with Gasteiger partial charge in [0.15, 0.2) is 0 Å². The van der Waals surface area contributed by atoms with E-state index < -0.39 is 17.8 Å². The SMILES string of the molecule is Cc1cc(C)c2[nH]c(C(=O)ON3C(=O)c4ccccc4C3=O)cc2c1. The summed E-state index contributed by atoms with van der Waals surface area (Å²) < 4.78 is 0. The summed E-state index contributed by atoms with van der Waals surface area (Å²) in [5.41, 5.74) is 3.52. The second-order valence-electron chi connectivity index (χ2n) is 6.06. The highest BCUT2D eigenvalue weighted by atomic mass is 16.7. The topological polar surface area (TPSA) is 79.5 Å². The van der Waals surface area contributed by atoms with Crippen molar-refractivity contribution in [2.24, 2.45) is 0 Å². The Morgan fingerprint density at radius 2 is 1.64 bits per heavy atom. The summed E-state index contributed by atoms with van der Waals surface area (Å²) in [4.78, 5) is 45.0. The molecule has 0 radical (unpaired) electrons. The molecule has 1 aliphatic rings. The fourth-order valence-electron chi connectivity index (χ4n) is 3.10. The van der Waals surface area contributed by atoms with E-state index in [0.717, 1.165) is 22.0 Å². The maximum absolute atomic E-state index is 12.4. The van der Waals surface area contributed by atoms with E-state index in [9.17, 15) is 14.4 Å². The van der Waals surface area contributed by atoms with Gasteiger partial charge in [0, 0.05) is 10.9 Å². The quantitative estimate of drug-likeness (QED) is 0.730. The molecule has 6 heteroatoms. The van der Waals surface area contributed by atoms with Gasteiger partial charge >= 0.3 is 5.97 Å². The Kier molecular flexibility index (Phi) is 3.21. The number of carbonyl (C=O) groups is 3. The van der Waals surface area contributed by atoms with Crippen LogP contribution < -0.4 is 0 Å². The molecule has 0 bridgehead atoms. The van der Waals surface area contributed by atoms with E-state index in [4.69, 9.17) is 4.84 Å². The van der Waals surface area contributed by atoms with Gasteiger partial charge in [-0.25, -0.2) is 4.79 Å². The fraction of sp³-hybridized carbons (Fsp3) is 0.105. The van der Waals surface area contributed by atoms with Gasteiger partial charge in [-0.1, -0.05) is 28.8 Å². The Bertz CT molecular complexity index is 1030. The van der Waals surface area contributed by atoms with Crippen LogP contribution in [0.5, 0.6) is 0 Å². The lowest BCUT2D eigenvalue weighted by molar-refractivity contribution is -0.0587. The molecule has 0 spiro atoms. The van der Waals surface area contributed by atoms with Crippen LogP contribution in [0, 0.1) is 13.8 Å². The molecule has 2 amide bonds. The van der Waals surface area contributed by atoms with Gasteiger partial charge in [-0.3, -0.25) is 9.59 Å². The molecule has 2 heterocycles. The summed E-state index contributed by atoms with van der Waals surface area (Å²) >= 11 is 0. The number of fused-ring (bicyclic) bond motifs is 2. The molecule has 0 fully saturated rings. The third kappa shape index (κ3) is 2.30. The van der Waals surface area contributed by atoms with Crippen molar-refractivity contribution in [2.75, 3.05) is 0 Å². The molecule has 0 unspecified atom stereocenters. The smallest absolute Gasteiger partial charge is 0.349 e. The van der Waals surface area contributed by atoms with E-state index in [1.807, 2.05) is 26.0 Å². The zero-order valence-corrected chi connectivity index (χ0v) is 13.6. The maximum atomic E-state index is 12.4. The van der Waals surface area contributed by atoms with E-state index in [2.05, 4.69) is 4.98 Å². The van der Waals surface area contributed by atoms with Crippen molar-refractivity contribution in [3.8, 4) is 0 Å². The lowest BCUT2D eigenvalue weighted by atomic mass is 10.1. The number of imide groups is 1. The first-order valence-corrected chi connectivity index (χ1v) is 7.76. The van der Waals surface area contributed by atoms with Crippen molar-refractivity contribution in [3.63, 3.8) is 0 Å². The molecule has 3 aromatic rings. The Hall–Kier alpha value is -3.41. The number of hydrogen-bond donors (Lipinski definition) is 1. The van der Waals surface area contributed by atoms with Gasteiger partial charge in [0.05, 0.1) is 11.1 Å². The zero-order chi connectivity index (χ0) is 17.7. The van der Waals surface area contributed by atoms with Crippen LogP contribution in [0.4, 0.5) is 0 Å². The van der Waals surface area contributed by atoms with Crippen LogP contribution in [-0.2, 0) is 4.84 Å². The van der Waals surface area contributed by atoms with Gasteiger partial charge in [-0.15, -0.1) is 0 Å². The fourth-order valence-corrected chi connectivity index (χ4v) is 3.10. The largest absolute Gasteiger partial charge is 0.380 e. The molecule has 2 aromatic carbocycles. The molecule has 25 heavy (non-hydrogen) atoms. The van der Waals surface area contributed by atoms with Gasteiger partial charge in [0.25, 0.3) is 11.8 Å². The number of nitrogens with zero attached hydrogens (tertiary/aromatic N) is 1.